The lowest BCUT2D eigenvalue weighted by molar-refractivity contribution is -0.137. The number of hydrogen-bond acceptors (Lipinski definition) is 6. The molecule has 0 atom stereocenters. The van der Waals surface area contributed by atoms with Crippen LogP contribution in [0.1, 0.15) is 44.5 Å². The minimum Gasteiger partial charge on any atom is -0.501 e. The maximum atomic E-state index is 13.7. The molecule has 1 aromatic carbocycles. The Bertz CT molecular complexity index is 1140. The Morgan fingerprint density at radius 3 is 2.35 bits per heavy atom. The summed E-state index contributed by atoms with van der Waals surface area (Å²) in [5, 5.41) is 0. The molecule has 2 amide bonds. The van der Waals surface area contributed by atoms with E-state index in [4.69, 9.17) is 14.2 Å². The number of halogens is 3. The Morgan fingerprint density at radius 2 is 1.78 bits per heavy atom. The van der Waals surface area contributed by atoms with E-state index >= 15 is 0 Å². The van der Waals surface area contributed by atoms with Crippen molar-refractivity contribution >= 4 is 29.6 Å². The summed E-state index contributed by atoms with van der Waals surface area (Å²) in [6, 6.07) is 6.69. The van der Waals surface area contributed by atoms with Crippen LogP contribution in [0.5, 0.6) is 5.75 Å². The number of aromatic nitrogens is 1. The number of methoxy groups -OCH3 is 1. The molecule has 8 nitrogen and oxygen atoms in total. The van der Waals surface area contributed by atoms with E-state index in [-0.39, 0.29) is 5.69 Å². The molecule has 0 saturated carbocycles. The van der Waals surface area contributed by atoms with Gasteiger partial charge in [0.25, 0.3) is 0 Å². The van der Waals surface area contributed by atoms with Crippen molar-refractivity contribution in [2.75, 3.05) is 37.1 Å². The number of amides is 2. The zero-order valence-electron chi connectivity index (χ0n) is 22.0. The molecule has 37 heavy (non-hydrogen) atoms. The van der Waals surface area contributed by atoms with Crippen LogP contribution in [0.3, 0.4) is 0 Å². The molecule has 0 N–H and O–H groups in total. The molecule has 11 heteroatoms. The van der Waals surface area contributed by atoms with E-state index in [9.17, 15) is 22.8 Å². The summed E-state index contributed by atoms with van der Waals surface area (Å²) in [4.78, 5) is 32.6. The van der Waals surface area contributed by atoms with Gasteiger partial charge in [0.2, 0.25) is 5.91 Å². The van der Waals surface area contributed by atoms with Crippen molar-refractivity contribution in [2.24, 2.45) is 0 Å². The molecular weight excluding hydrogens is 491 g/mol. The highest BCUT2D eigenvalue weighted by molar-refractivity contribution is 6.02. The molecule has 1 aromatic heterocycles. The van der Waals surface area contributed by atoms with Crippen molar-refractivity contribution in [1.82, 2.24) is 4.98 Å². The van der Waals surface area contributed by atoms with E-state index in [1.165, 1.54) is 31.4 Å². The van der Waals surface area contributed by atoms with Crippen molar-refractivity contribution in [3.63, 3.8) is 0 Å². The van der Waals surface area contributed by atoms with Gasteiger partial charge < -0.3 is 19.1 Å². The fourth-order valence-electron chi connectivity index (χ4n) is 3.13. The first kappa shape index (κ1) is 29.5. The van der Waals surface area contributed by atoms with Gasteiger partial charge in [-0.1, -0.05) is 6.07 Å². The highest BCUT2D eigenvalue weighted by Gasteiger charge is 2.34. The van der Waals surface area contributed by atoms with Crippen LogP contribution in [-0.4, -0.2) is 49.9 Å². The van der Waals surface area contributed by atoms with Gasteiger partial charge in [0.15, 0.2) is 0 Å². The van der Waals surface area contributed by atoms with E-state index in [1.807, 2.05) is 6.92 Å². The molecule has 0 radical (unpaired) electrons. The summed E-state index contributed by atoms with van der Waals surface area (Å²) in [6.07, 6.45) is -3.33. The molecular formula is C26H32F3N3O5. The molecule has 2 rings (SSSR count). The number of nitrogens with zero attached hydrogens (tertiary/aromatic N) is 3. The van der Waals surface area contributed by atoms with Gasteiger partial charge in [-0.25, -0.2) is 9.78 Å². The quantitative estimate of drug-likeness (QED) is 0.405. The van der Waals surface area contributed by atoms with Gasteiger partial charge in [-0.05, 0) is 70.5 Å². The molecule has 202 valence electrons. The van der Waals surface area contributed by atoms with Crippen LogP contribution in [0.4, 0.5) is 29.5 Å². The predicted molar refractivity (Wildman–Crippen MR) is 135 cm³/mol. The number of alkyl halides is 3. The van der Waals surface area contributed by atoms with E-state index in [0.717, 1.165) is 16.5 Å². The fraction of sp³-hybridized carbons (Fsp3) is 0.423. The molecule has 0 aliphatic rings. The second kappa shape index (κ2) is 12.0. The monoisotopic (exact) mass is 523 g/mol. The lowest BCUT2D eigenvalue weighted by atomic mass is 10.2. The number of rotatable bonds is 8. The van der Waals surface area contributed by atoms with E-state index in [2.05, 4.69) is 4.98 Å². The summed E-state index contributed by atoms with van der Waals surface area (Å²) in [7, 11) is 2.92. The van der Waals surface area contributed by atoms with E-state index in [0.29, 0.717) is 24.1 Å². The minimum atomic E-state index is -4.73. The van der Waals surface area contributed by atoms with Gasteiger partial charge in [0, 0.05) is 7.05 Å². The van der Waals surface area contributed by atoms with E-state index in [1.54, 1.807) is 45.9 Å². The summed E-state index contributed by atoms with van der Waals surface area (Å²) >= 11 is 0. The summed E-state index contributed by atoms with van der Waals surface area (Å²) in [5.74, 6) is -0.600. The van der Waals surface area contributed by atoms with Crippen LogP contribution in [0.25, 0.3) is 6.08 Å². The Labute approximate surface area is 214 Å². The SMILES string of the molecule is CCO/C=C/c1cc(C(F)(F)F)cc(N(CC(=O)N(C)c2ccc(C)cc2OC)C(=O)OC(C)(C)C)n1. The molecule has 0 saturated heterocycles. The lowest BCUT2D eigenvalue weighted by Gasteiger charge is -2.29. The average Bonchev–Trinajstić information content (AvgIpc) is 2.80. The topological polar surface area (TPSA) is 81.2 Å². The van der Waals surface area contributed by atoms with Crippen molar-refractivity contribution in [3.8, 4) is 5.75 Å². The average molecular weight is 524 g/mol. The molecule has 2 aromatic rings. The third-order valence-electron chi connectivity index (χ3n) is 4.92. The number of carbonyl (C=O) groups is 2. The van der Waals surface area contributed by atoms with Gasteiger partial charge in [-0.3, -0.25) is 9.69 Å². The van der Waals surface area contributed by atoms with Gasteiger partial charge in [0.05, 0.1) is 36.9 Å². The molecule has 1 heterocycles. The maximum absolute atomic E-state index is 13.7. The molecule has 0 unspecified atom stereocenters. The summed E-state index contributed by atoms with van der Waals surface area (Å²) in [6.45, 7) is 8.03. The maximum Gasteiger partial charge on any atom is 0.416 e. The normalized spacial score (nSPS) is 11.8. The molecule has 0 spiro atoms. The van der Waals surface area contributed by atoms with Crippen LogP contribution in [-0.2, 0) is 20.4 Å². The van der Waals surface area contributed by atoms with Gasteiger partial charge in [-0.15, -0.1) is 0 Å². The predicted octanol–water partition coefficient (Wildman–Crippen LogP) is 5.83. The first-order chi connectivity index (χ1) is 17.2. The Balaban J connectivity index is 2.55. The molecule has 0 aliphatic carbocycles. The number of hydrogen-bond donors (Lipinski definition) is 0. The Morgan fingerprint density at radius 1 is 1.11 bits per heavy atom. The number of ether oxygens (including phenoxy) is 3. The van der Waals surface area contributed by atoms with Gasteiger partial charge >= 0.3 is 12.3 Å². The Hall–Kier alpha value is -3.76. The number of anilines is 2. The number of benzene rings is 1. The third kappa shape index (κ3) is 8.40. The third-order valence-corrected chi connectivity index (χ3v) is 4.92. The first-order valence-corrected chi connectivity index (χ1v) is 11.5. The van der Waals surface area contributed by atoms with Crippen LogP contribution in [0.2, 0.25) is 0 Å². The van der Waals surface area contributed by atoms with Gasteiger partial charge in [0.1, 0.15) is 23.7 Å². The highest BCUT2D eigenvalue weighted by Crippen LogP contribution is 2.33. The number of pyridine rings is 1. The lowest BCUT2D eigenvalue weighted by Crippen LogP contribution is -2.44. The number of carbonyl (C=O) groups excluding carboxylic acids is 2. The van der Waals surface area contributed by atoms with Crippen LogP contribution >= 0.6 is 0 Å². The number of likely N-dealkylation sites (N-methyl/N-ethyl adjacent to an activating group) is 1. The Kier molecular flexibility index (Phi) is 9.55. The fourth-order valence-corrected chi connectivity index (χ4v) is 3.13. The molecule has 0 bridgehead atoms. The minimum absolute atomic E-state index is 0.118. The summed E-state index contributed by atoms with van der Waals surface area (Å²) < 4.78 is 56.9. The zero-order chi connectivity index (χ0) is 28.0. The van der Waals surface area contributed by atoms with Crippen molar-refractivity contribution in [3.05, 3.63) is 53.4 Å². The van der Waals surface area contributed by atoms with Crippen LogP contribution < -0.4 is 14.5 Å². The molecule has 0 aliphatic heterocycles. The first-order valence-electron chi connectivity index (χ1n) is 11.5. The van der Waals surface area contributed by atoms with Crippen molar-refractivity contribution in [2.45, 2.75) is 46.4 Å². The summed E-state index contributed by atoms with van der Waals surface area (Å²) in [5.41, 5.74) is -0.836. The van der Waals surface area contributed by atoms with Crippen molar-refractivity contribution in [1.29, 1.82) is 0 Å². The zero-order valence-corrected chi connectivity index (χ0v) is 22.0. The van der Waals surface area contributed by atoms with Crippen LogP contribution in [0.15, 0.2) is 36.6 Å². The largest absolute Gasteiger partial charge is 0.501 e. The molecule has 0 fully saturated rings. The standard InChI is InChI=1S/C26H32F3N3O5/c1-8-36-12-11-19-14-18(26(27,28)29)15-22(30-19)32(24(34)37-25(3,4)5)16-23(33)31(6)20-10-9-17(2)13-21(20)35-7/h9-15H,8,16H2,1-7H3/b12-11+. The van der Waals surface area contributed by atoms with Crippen LogP contribution in [0, 0.1) is 6.92 Å². The smallest absolute Gasteiger partial charge is 0.416 e. The van der Waals surface area contributed by atoms with Gasteiger partial charge in [-0.2, -0.15) is 13.2 Å². The van der Waals surface area contributed by atoms with E-state index < -0.39 is 41.7 Å². The number of aryl methyl sites for hydroxylation is 1. The van der Waals surface area contributed by atoms with Crippen molar-refractivity contribution < 1.29 is 37.0 Å². The second-order valence-corrected chi connectivity index (χ2v) is 9.09. The highest BCUT2D eigenvalue weighted by atomic mass is 19.4. The second-order valence-electron chi connectivity index (χ2n) is 9.09.